The number of nitrogens with one attached hydrogen (secondary N) is 3. The lowest BCUT2D eigenvalue weighted by Crippen LogP contribution is -2.35. The van der Waals surface area contributed by atoms with Gasteiger partial charge in [0.25, 0.3) is 5.91 Å². The van der Waals surface area contributed by atoms with Gasteiger partial charge in [-0.2, -0.15) is 0 Å². The van der Waals surface area contributed by atoms with E-state index in [0.29, 0.717) is 24.2 Å². The van der Waals surface area contributed by atoms with Gasteiger partial charge in [0.15, 0.2) is 0 Å². The zero-order chi connectivity index (χ0) is 20.3. The molecule has 0 saturated heterocycles. The molecule has 1 aliphatic heterocycles. The van der Waals surface area contributed by atoms with Crippen molar-refractivity contribution in [2.75, 3.05) is 38.0 Å². The highest BCUT2D eigenvalue weighted by Gasteiger charge is 2.22. The first-order chi connectivity index (χ1) is 13.5. The monoisotopic (exact) mass is 384 g/mol. The molecule has 28 heavy (non-hydrogen) atoms. The molecule has 150 valence electrons. The molecule has 5 nitrogen and oxygen atoms in total. The molecule has 0 saturated carbocycles. The van der Waals surface area contributed by atoms with Crippen LogP contribution in [0.2, 0.25) is 0 Å². The summed E-state index contributed by atoms with van der Waals surface area (Å²) in [5.41, 5.74) is 5.52. The smallest absolute Gasteiger partial charge is 0.253 e. The van der Waals surface area contributed by atoms with Gasteiger partial charge in [-0.15, -0.1) is 0 Å². The molecular formula is C22H29FN4O. The maximum atomic E-state index is 14.3. The molecular weight excluding hydrogens is 355 g/mol. The number of likely N-dealkylation sites (N-methyl/N-ethyl adjacent to an activating group) is 1. The van der Waals surface area contributed by atoms with E-state index in [2.05, 4.69) is 34.4 Å². The van der Waals surface area contributed by atoms with Gasteiger partial charge in [0, 0.05) is 42.3 Å². The molecule has 0 aliphatic carbocycles. The summed E-state index contributed by atoms with van der Waals surface area (Å²) >= 11 is 0. The minimum atomic E-state index is -0.232. The molecule has 1 aliphatic rings. The van der Waals surface area contributed by atoms with Gasteiger partial charge in [0.05, 0.1) is 5.56 Å². The van der Waals surface area contributed by atoms with E-state index in [4.69, 9.17) is 0 Å². The number of aryl methyl sites for hydroxylation is 1. The van der Waals surface area contributed by atoms with Crippen molar-refractivity contribution in [2.45, 2.75) is 27.7 Å². The maximum absolute atomic E-state index is 14.3. The minimum Gasteiger partial charge on any atom is -0.380 e. The van der Waals surface area contributed by atoms with Gasteiger partial charge >= 0.3 is 0 Å². The van der Waals surface area contributed by atoms with Gasteiger partial charge in [0.2, 0.25) is 0 Å². The number of aromatic nitrogens is 1. The van der Waals surface area contributed by atoms with Crippen molar-refractivity contribution >= 4 is 23.2 Å². The van der Waals surface area contributed by atoms with Crippen molar-refractivity contribution in [3.8, 4) is 0 Å². The van der Waals surface area contributed by atoms with E-state index in [0.717, 1.165) is 47.8 Å². The summed E-state index contributed by atoms with van der Waals surface area (Å²) in [5, 5.41) is 6.24. The maximum Gasteiger partial charge on any atom is 0.253 e. The summed E-state index contributed by atoms with van der Waals surface area (Å²) in [6, 6.07) is 5.05. The molecule has 0 bridgehead atoms. The van der Waals surface area contributed by atoms with Crippen molar-refractivity contribution in [1.82, 2.24) is 15.2 Å². The zero-order valence-corrected chi connectivity index (χ0v) is 17.1. The fraction of sp³-hybridized carbons (Fsp3) is 0.409. The molecule has 0 spiro atoms. The Morgan fingerprint density at radius 1 is 1.29 bits per heavy atom. The first-order valence-corrected chi connectivity index (χ1v) is 9.89. The van der Waals surface area contributed by atoms with Crippen molar-refractivity contribution in [3.05, 3.63) is 52.1 Å². The van der Waals surface area contributed by atoms with Crippen molar-refractivity contribution in [2.24, 2.45) is 0 Å². The van der Waals surface area contributed by atoms with E-state index >= 15 is 0 Å². The minimum absolute atomic E-state index is 0.0702. The number of hydrogen-bond acceptors (Lipinski definition) is 3. The fourth-order valence-electron chi connectivity index (χ4n) is 3.79. The van der Waals surface area contributed by atoms with Crippen LogP contribution in [0.4, 0.5) is 10.1 Å². The normalized spacial score (nSPS) is 14.4. The molecule has 1 amide bonds. The summed E-state index contributed by atoms with van der Waals surface area (Å²) in [4.78, 5) is 18.3. The van der Waals surface area contributed by atoms with Gasteiger partial charge in [-0.25, -0.2) is 4.39 Å². The first-order valence-electron chi connectivity index (χ1n) is 9.89. The number of amides is 1. The first kappa shape index (κ1) is 20.1. The topological polar surface area (TPSA) is 60.2 Å². The SMILES string of the molecule is CCN(CC)CCNC(=O)c1c(C)[nH]c(/C=C2\CNc3cccc(F)c32)c1C. The lowest BCUT2D eigenvalue weighted by atomic mass is 10.0. The molecule has 2 aromatic rings. The van der Waals surface area contributed by atoms with Crippen LogP contribution < -0.4 is 10.6 Å². The zero-order valence-electron chi connectivity index (χ0n) is 17.1. The van der Waals surface area contributed by atoms with Crippen LogP contribution in [0.3, 0.4) is 0 Å². The standard InChI is InChI=1S/C22H29FN4O/c1-5-27(6-2)11-10-24-22(28)20-14(3)19(26-15(20)4)12-16-13-25-18-9-7-8-17(23)21(16)18/h7-9,12,25-26H,5-6,10-11,13H2,1-4H3,(H,24,28)/b16-12+. The van der Waals surface area contributed by atoms with E-state index in [1.807, 2.05) is 26.0 Å². The Balaban J connectivity index is 1.79. The molecule has 0 radical (unpaired) electrons. The van der Waals surface area contributed by atoms with Crippen LogP contribution in [-0.4, -0.2) is 48.5 Å². The fourth-order valence-corrected chi connectivity index (χ4v) is 3.79. The number of carbonyl (C=O) groups excluding carboxylic acids is 1. The number of anilines is 1. The van der Waals surface area contributed by atoms with Crippen LogP contribution in [0.1, 0.15) is 46.7 Å². The Morgan fingerprint density at radius 2 is 2.04 bits per heavy atom. The number of hydrogen-bond donors (Lipinski definition) is 3. The number of fused-ring (bicyclic) bond motifs is 1. The van der Waals surface area contributed by atoms with E-state index in [1.54, 1.807) is 6.07 Å². The predicted octanol–water partition coefficient (Wildman–Crippen LogP) is 3.81. The molecule has 6 heteroatoms. The Morgan fingerprint density at radius 3 is 2.75 bits per heavy atom. The van der Waals surface area contributed by atoms with Gasteiger partial charge in [-0.3, -0.25) is 4.79 Å². The molecule has 0 unspecified atom stereocenters. The quantitative estimate of drug-likeness (QED) is 0.680. The average Bonchev–Trinajstić information content (AvgIpc) is 3.20. The Hall–Kier alpha value is -2.60. The number of carbonyl (C=O) groups is 1. The number of halogens is 1. The highest BCUT2D eigenvalue weighted by Crippen LogP contribution is 2.34. The van der Waals surface area contributed by atoms with Gasteiger partial charge in [-0.05, 0) is 56.3 Å². The van der Waals surface area contributed by atoms with Crippen LogP contribution in [-0.2, 0) is 0 Å². The molecule has 0 atom stereocenters. The van der Waals surface area contributed by atoms with E-state index in [1.165, 1.54) is 6.07 Å². The third kappa shape index (κ3) is 3.97. The van der Waals surface area contributed by atoms with Crippen molar-refractivity contribution in [3.63, 3.8) is 0 Å². The molecule has 3 N–H and O–H groups in total. The van der Waals surface area contributed by atoms with Gasteiger partial charge in [-0.1, -0.05) is 19.9 Å². The van der Waals surface area contributed by atoms with Crippen LogP contribution in [0.5, 0.6) is 0 Å². The van der Waals surface area contributed by atoms with Crippen molar-refractivity contribution < 1.29 is 9.18 Å². The lowest BCUT2D eigenvalue weighted by molar-refractivity contribution is 0.0948. The highest BCUT2D eigenvalue weighted by molar-refractivity contribution is 5.99. The summed E-state index contributed by atoms with van der Waals surface area (Å²) < 4.78 is 14.3. The molecule has 2 heterocycles. The Labute approximate surface area is 166 Å². The summed E-state index contributed by atoms with van der Waals surface area (Å²) in [5.74, 6) is -0.303. The average molecular weight is 384 g/mol. The van der Waals surface area contributed by atoms with E-state index < -0.39 is 0 Å². The van der Waals surface area contributed by atoms with E-state index in [9.17, 15) is 9.18 Å². The second-order valence-corrected chi connectivity index (χ2v) is 7.13. The second-order valence-electron chi connectivity index (χ2n) is 7.13. The number of aromatic amines is 1. The Kier molecular flexibility index (Phi) is 6.19. The summed E-state index contributed by atoms with van der Waals surface area (Å²) in [6.07, 6.45) is 1.94. The number of rotatable bonds is 7. The third-order valence-electron chi connectivity index (χ3n) is 5.43. The summed E-state index contributed by atoms with van der Waals surface area (Å²) in [7, 11) is 0. The van der Waals surface area contributed by atoms with Crippen molar-refractivity contribution in [1.29, 1.82) is 0 Å². The molecule has 1 aromatic heterocycles. The number of nitrogens with zero attached hydrogens (tertiary/aromatic N) is 1. The van der Waals surface area contributed by atoms with Crippen LogP contribution in [0.15, 0.2) is 18.2 Å². The second kappa shape index (κ2) is 8.61. The summed E-state index contributed by atoms with van der Waals surface area (Å²) in [6.45, 7) is 12.0. The molecule has 0 fully saturated rings. The molecule has 3 rings (SSSR count). The third-order valence-corrected chi connectivity index (χ3v) is 5.43. The predicted molar refractivity (Wildman–Crippen MR) is 113 cm³/mol. The van der Waals surface area contributed by atoms with Crippen LogP contribution >= 0.6 is 0 Å². The van der Waals surface area contributed by atoms with Gasteiger partial charge < -0.3 is 20.5 Å². The van der Waals surface area contributed by atoms with Gasteiger partial charge in [0.1, 0.15) is 5.82 Å². The largest absolute Gasteiger partial charge is 0.380 e. The Bertz CT molecular complexity index is 896. The number of benzene rings is 1. The van der Waals surface area contributed by atoms with E-state index in [-0.39, 0.29) is 11.7 Å². The molecule has 1 aromatic carbocycles. The lowest BCUT2D eigenvalue weighted by Gasteiger charge is -2.18. The number of H-pyrrole nitrogens is 1. The highest BCUT2D eigenvalue weighted by atomic mass is 19.1. The van der Waals surface area contributed by atoms with Crippen LogP contribution in [0.25, 0.3) is 11.6 Å². The van der Waals surface area contributed by atoms with Crippen LogP contribution in [0, 0.1) is 19.7 Å².